The second-order valence-corrected chi connectivity index (χ2v) is 8.02. The molecule has 0 amide bonds. The predicted octanol–water partition coefficient (Wildman–Crippen LogP) is 1.27. The molecule has 0 aliphatic carbocycles. The van der Waals surface area contributed by atoms with Crippen LogP contribution in [0.4, 0.5) is 0 Å². The van der Waals surface area contributed by atoms with Crippen molar-refractivity contribution in [2.45, 2.75) is 17.2 Å². The third kappa shape index (κ3) is 2.84. The highest BCUT2D eigenvalue weighted by Gasteiger charge is 2.39. The molecule has 1 aromatic heterocycles. The molecule has 9 heteroatoms. The number of halogens is 1. The SMILES string of the molecule is COC(=O)C1COCCN1S(=O)(=O)c1cc(C)c(Cl)s1. The number of hydrogen-bond acceptors (Lipinski definition) is 6. The summed E-state index contributed by atoms with van der Waals surface area (Å²) in [4.78, 5) is 11.7. The van der Waals surface area contributed by atoms with Crippen molar-refractivity contribution in [1.82, 2.24) is 4.31 Å². The molecule has 0 saturated carbocycles. The molecule has 1 fully saturated rings. The average Bonchev–Trinajstić information content (AvgIpc) is 2.78. The van der Waals surface area contributed by atoms with Crippen molar-refractivity contribution in [3.8, 4) is 0 Å². The third-order valence-corrected chi connectivity index (χ3v) is 6.86. The molecule has 2 heterocycles. The molecule has 1 aromatic rings. The van der Waals surface area contributed by atoms with Crippen LogP contribution in [0, 0.1) is 6.92 Å². The van der Waals surface area contributed by atoms with Gasteiger partial charge in [-0.05, 0) is 18.6 Å². The summed E-state index contributed by atoms with van der Waals surface area (Å²) in [6.45, 7) is 2.07. The number of aryl methyl sites for hydroxylation is 1. The Bertz CT molecular complexity index is 593. The molecule has 6 nitrogen and oxygen atoms in total. The Morgan fingerprint density at radius 3 is 2.85 bits per heavy atom. The molecule has 0 radical (unpaired) electrons. The smallest absolute Gasteiger partial charge is 0.326 e. The maximum atomic E-state index is 12.6. The first-order valence-electron chi connectivity index (χ1n) is 5.81. The zero-order valence-electron chi connectivity index (χ0n) is 11.0. The lowest BCUT2D eigenvalue weighted by molar-refractivity contribution is -0.149. The minimum Gasteiger partial charge on any atom is -0.468 e. The van der Waals surface area contributed by atoms with E-state index in [4.69, 9.17) is 16.3 Å². The predicted molar refractivity (Wildman–Crippen MR) is 74.6 cm³/mol. The van der Waals surface area contributed by atoms with Crippen LogP contribution in [0.5, 0.6) is 0 Å². The number of thiophene rings is 1. The molecular formula is C11H14ClNO5S2. The van der Waals surface area contributed by atoms with E-state index in [0.717, 1.165) is 15.6 Å². The number of carbonyl (C=O) groups excluding carboxylic acids is 1. The monoisotopic (exact) mass is 339 g/mol. The topological polar surface area (TPSA) is 72.9 Å². The number of rotatable bonds is 3. The fraction of sp³-hybridized carbons (Fsp3) is 0.545. The van der Waals surface area contributed by atoms with Gasteiger partial charge in [-0.1, -0.05) is 11.6 Å². The van der Waals surface area contributed by atoms with E-state index in [2.05, 4.69) is 4.74 Å². The van der Waals surface area contributed by atoms with E-state index < -0.39 is 22.0 Å². The van der Waals surface area contributed by atoms with Crippen LogP contribution in [0.15, 0.2) is 10.3 Å². The van der Waals surface area contributed by atoms with E-state index >= 15 is 0 Å². The lowest BCUT2D eigenvalue weighted by Gasteiger charge is -2.32. The number of methoxy groups -OCH3 is 1. The van der Waals surface area contributed by atoms with Crippen LogP contribution < -0.4 is 0 Å². The molecule has 1 atom stereocenters. The molecule has 0 bridgehead atoms. The Morgan fingerprint density at radius 1 is 1.60 bits per heavy atom. The lowest BCUT2D eigenvalue weighted by Crippen LogP contribution is -2.52. The normalized spacial score (nSPS) is 20.9. The van der Waals surface area contributed by atoms with Gasteiger partial charge < -0.3 is 9.47 Å². The number of hydrogen-bond donors (Lipinski definition) is 0. The maximum Gasteiger partial charge on any atom is 0.326 e. The summed E-state index contributed by atoms with van der Waals surface area (Å²) in [5.74, 6) is -0.632. The van der Waals surface area contributed by atoms with Crippen molar-refractivity contribution in [2.75, 3.05) is 26.9 Å². The van der Waals surface area contributed by atoms with Crippen LogP contribution in [0.1, 0.15) is 5.56 Å². The van der Waals surface area contributed by atoms with Gasteiger partial charge >= 0.3 is 5.97 Å². The first-order chi connectivity index (χ1) is 9.37. The van der Waals surface area contributed by atoms with Crippen molar-refractivity contribution >= 4 is 38.9 Å². The summed E-state index contributed by atoms with van der Waals surface area (Å²) in [7, 11) is -2.57. The fourth-order valence-corrected chi connectivity index (χ4v) is 5.26. The Kier molecular flexibility index (Phi) is 4.70. The van der Waals surface area contributed by atoms with Crippen molar-refractivity contribution in [3.63, 3.8) is 0 Å². The van der Waals surface area contributed by atoms with E-state index in [1.807, 2.05) is 0 Å². The van der Waals surface area contributed by atoms with E-state index in [0.29, 0.717) is 9.90 Å². The fourth-order valence-electron chi connectivity index (χ4n) is 1.87. The zero-order valence-corrected chi connectivity index (χ0v) is 13.3. The van der Waals surface area contributed by atoms with Crippen LogP contribution in [0.25, 0.3) is 0 Å². The Labute approximate surface area is 126 Å². The molecule has 0 N–H and O–H groups in total. The molecular weight excluding hydrogens is 326 g/mol. The molecule has 0 spiro atoms. The second kappa shape index (κ2) is 5.98. The molecule has 20 heavy (non-hydrogen) atoms. The third-order valence-electron chi connectivity index (χ3n) is 2.95. The number of esters is 1. The van der Waals surface area contributed by atoms with E-state index in [-0.39, 0.29) is 24.0 Å². The number of ether oxygens (including phenoxy) is 2. The average molecular weight is 340 g/mol. The molecule has 1 saturated heterocycles. The van der Waals surface area contributed by atoms with Crippen LogP contribution >= 0.6 is 22.9 Å². The van der Waals surface area contributed by atoms with Crippen LogP contribution in [-0.4, -0.2) is 51.6 Å². The molecule has 1 aliphatic rings. The zero-order chi connectivity index (χ0) is 14.9. The molecule has 2 rings (SSSR count). The van der Waals surface area contributed by atoms with Crippen molar-refractivity contribution < 1.29 is 22.7 Å². The Morgan fingerprint density at radius 2 is 2.30 bits per heavy atom. The van der Waals surface area contributed by atoms with E-state index in [9.17, 15) is 13.2 Å². The van der Waals surface area contributed by atoms with E-state index in [1.165, 1.54) is 13.2 Å². The lowest BCUT2D eigenvalue weighted by atomic mass is 10.3. The minimum absolute atomic E-state index is 0.00993. The summed E-state index contributed by atoms with van der Waals surface area (Å²) < 4.78 is 36.7. The van der Waals surface area contributed by atoms with Gasteiger partial charge in [-0.15, -0.1) is 11.3 Å². The quantitative estimate of drug-likeness (QED) is 0.775. The van der Waals surface area contributed by atoms with Gasteiger partial charge in [0.05, 0.1) is 24.7 Å². The largest absolute Gasteiger partial charge is 0.468 e. The second-order valence-electron chi connectivity index (χ2n) is 4.25. The number of morpholine rings is 1. The highest BCUT2D eigenvalue weighted by atomic mass is 35.5. The van der Waals surface area contributed by atoms with Gasteiger partial charge in [0.1, 0.15) is 10.3 Å². The van der Waals surface area contributed by atoms with Gasteiger partial charge in [-0.3, -0.25) is 4.79 Å². The summed E-state index contributed by atoms with van der Waals surface area (Å²) in [5, 5.41) is 0. The number of nitrogens with zero attached hydrogens (tertiary/aromatic N) is 1. The Hall–Kier alpha value is -0.670. The summed E-state index contributed by atoms with van der Waals surface area (Å²) in [5.41, 5.74) is 0.693. The highest BCUT2D eigenvalue weighted by Crippen LogP contribution is 2.33. The van der Waals surface area contributed by atoms with Crippen molar-refractivity contribution in [1.29, 1.82) is 0 Å². The standard InChI is InChI=1S/C11H14ClNO5S2/c1-7-5-9(19-10(7)12)20(15,16)13-3-4-18-6-8(13)11(14)17-2/h5,8H,3-4,6H2,1-2H3. The van der Waals surface area contributed by atoms with Gasteiger partial charge in [0.25, 0.3) is 10.0 Å². The van der Waals surface area contributed by atoms with Gasteiger partial charge in [-0.2, -0.15) is 4.31 Å². The van der Waals surface area contributed by atoms with E-state index in [1.54, 1.807) is 6.92 Å². The van der Waals surface area contributed by atoms with Crippen molar-refractivity contribution in [2.24, 2.45) is 0 Å². The van der Waals surface area contributed by atoms with Crippen molar-refractivity contribution in [3.05, 3.63) is 16.0 Å². The summed E-state index contributed by atoms with van der Waals surface area (Å²) in [6.07, 6.45) is 0. The molecule has 1 aliphatic heterocycles. The van der Waals surface area contributed by atoms with Gasteiger partial charge in [0, 0.05) is 6.54 Å². The maximum absolute atomic E-state index is 12.6. The first-order valence-corrected chi connectivity index (χ1v) is 8.44. The van der Waals surface area contributed by atoms with Gasteiger partial charge in [0.2, 0.25) is 0 Å². The van der Waals surface area contributed by atoms with Crippen LogP contribution in [-0.2, 0) is 24.3 Å². The summed E-state index contributed by atoms with van der Waals surface area (Å²) >= 11 is 6.90. The van der Waals surface area contributed by atoms with Gasteiger partial charge in [-0.25, -0.2) is 8.42 Å². The number of carbonyl (C=O) groups is 1. The first kappa shape index (κ1) is 15.7. The van der Waals surface area contributed by atoms with Crippen LogP contribution in [0.3, 0.4) is 0 Å². The highest BCUT2D eigenvalue weighted by molar-refractivity contribution is 7.91. The minimum atomic E-state index is -3.78. The van der Waals surface area contributed by atoms with Crippen LogP contribution in [0.2, 0.25) is 4.34 Å². The number of sulfonamides is 1. The molecule has 0 aromatic carbocycles. The van der Waals surface area contributed by atoms with Gasteiger partial charge in [0.15, 0.2) is 0 Å². The Balaban J connectivity index is 2.37. The summed E-state index contributed by atoms with van der Waals surface area (Å²) in [6, 6.07) is 0.548. The molecule has 1 unspecified atom stereocenters. The molecule has 112 valence electrons.